The molecule has 1 amide bonds. The lowest BCUT2D eigenvalue weighted by Gasteiger charge is -2.42. The van der Waals surface area contributed by atoms with E-state index in [-0.39, 0.29) is 12.2 Å². The fourth-order valence-electron chi connectivity index (χ4n) is 3.16. The summed E-state index contributed by atoms with van der Waals surface area (Å²) in [6.45, 7) is 8.83. The predicted molar refractivity (Wildman–Crippen MR) is 69.5 cm³/mol. The van der Waals surface area contributed by atoms with Crippen LogP contribution in [0, 0.1) is 11.8 Å². The summed E-state index contributed by atoms with van der Waals surface area (Å²) in [6.07, 6.45) is 4.65. The van der Waals surface area contributed by atoms with Crippen LogP contribution in [0.5, 0.6) is 0 Å². The molecular weight excluding hydrogens is 212 g/mol. The molecule has 1 heterocycles. The van der Waals surface area contributed by atoms with Crippen molar-refractivity contribution in [2.75, 3.05) is 0 Å². The van der Waals surface area contributed by atoms with Crippen molar-refractivity contribution in [3.05, 3.63) is 0 Å². The molecule has 2 unspecified atom stereocenters. The van der Waals surface area contributed by atoms with Crippen molar-refractivity contribution in [2.45, 2.75) is 71.6 Å². The van der Waals surface area contributed by atoms with Gasteiger partial charge < -0.3 is 4.90 Å². The third kappa shape index (κ3) is 2.49. The Morgan fingerprint density at radius 3 is 2.53 bits per heavy atom. The molecule has 0 aromatic heterocycles. The van der Waals surface area contributed by atoms with E-state index in [1.165, 1.54) is 12.8 Å². The van der Waals surface area contributed by atoms with E-state index >= 15 is 0 Å². The first-order valence-corrected chi connectivity index (χ1v) is 7.11. The van der Waals surface area contributed by atoms with Gasteiger partial charge in [-0.1, -0.05) is 27.7 Å². The standard InChI is InChI=1S/C14H26N2O/c1-5-12-14(17)16(11-7-10(4)8-11)13(15-12)6-9(2)3/h9-13,15H,5-8H2,1-4H3. The molecule has 17 heavy (non-hydrogen) atoms. The molecule has 98 valence electrons. The van der Waals surface area contributed by atoms with E-state index in [4.69, 9.17) is 0 Å². The first kappa shape index (κ1) is 12.9. The molecular formula is C14H26N2O. The quantitative estimate of drug-likeness (QED) is 0.815. The molecule has 2 rings (SSSR count). The Morgan fingerprint density at radius 1 is 1.41 bits per heavy atom. The first-order valence-electron chi connectivity index (χ1n) is 7.11. The van der Waals surface area contributed by atoms with Crippen molar-refractivity contribution in [3.63, 3.8) is 0 Å². The van der Waals surface area contributed by atoms with Crippen LogP contribution in [-0.2, 0) is 4.79 Å². The van der Waals surface area contributed by atoms with Gasteiger partial charge in [0, 0.05) is 6.04 Å². The normalized spacial score (nSPS) is 37.7. The zero-order chi connectivity index (χ0) is 12.6. The summed E-state index contributed by atoms with van der Waals surface area (Å²) in [5.74, 6) is 1.78. The van der Waals surface area contributed by atoms with Crippen LogP contribution < -0.4 is 5.32 Å². The first-order chi connectivity index (χ1) is 8.02. The molecule has 1 N–H and O–H groups in total. The summed E-state index contributed by atoms with van der Waals surface area (Å²) in [6, 6.07) is 0.569. The number of hydrogen-bond acceptors (Lipinski definition) is 2. The minimum absolute atomic E-state index is 0.0645. The average Bonchev–Trinajstić information content (AvgIpc) is 2.50. The number of carbonyl (C=O) groups excluding carboxylic acids is 1. The van der Waals surface area contributed by atoms with Crippen molar-refractivity contribution in [2.24, 2.45) is 11.8 Å². The number of hydrogen-bond donors (Lipinski definition) is 1. The molecule has 0 aromatic rings. The van der Waals surface area contributed by atoms with Crippen molar-refractivity contribution < 1.29 is 4.79 Å². The number of amides is 1. The molecule has 3 nitrogen and oxygen atoms in total. The van der Waals surface area contributed by atoms with Crippen LogP contribution in [-0.4, -0.2) is 29.1 Å². The van der Waals surface area contributed by atoms with Gasteiger partial charge in [-0.15, -0.1) is 0 Å². The SMILES string of the molecule is CCC1NC(CC(C)C)N(C2CC(C)C2)C1=O. The zero-order valence-electron chi connectivity index (χ0n) is 11.6. The third-order valence-electron chi connectivity index (χ3n) is 4.13. The highest BCUT2D eigenvalue weighted by Gasteiger charge is 2.44. The summed E-state index contributed by atoms with van der Waals surface area (Å²) >= 11 is 0. The second kappa shape index (κ2) is 4.97. The summed E-state index contributed by atoms with van der Waals surface area (Å²) < 4.78 is 0. The molecule has 2 aliphatic rings. The van der Waals surface area contributed by atoms with E-state index in [1.54, 1.807) is 0 Å². The molecule has 1 aliphatic heterocycles. The second-order valence-corrected chi connectivity index (χ2v) is 6.25. The molecule has 1 saturated carbocycles. The predicted octanol–water partition coefficient (Wildman–Crippen LogP) is 2.37. The summed E-state index contributed by atoms with van der Waals surface area (Å²) in [5.41, 5.74) is 0. The van der Waals surface area contributed by atoms with Crippen LogP contribution in [0.15, 0.2) is 0 Å². The van der Waals surface area contributed by atoms with Gasteiger partial charge in [-0.3, -0.25) is 10.1 Å². The van der Waals surface area contributed by atoms with E-state index in [1.807, 2.05) is 0 Å². The molecule has 0 bridgehead atoms. The van der Waals surface area contributed by atoms with E-state index in [0.29, 0.717) is 17.9 Å². The highest BCUT2D eigenvalue weighted by atomic mass is 16.2. The minimum atomic E-state index is 0.0645. The highest BCUT2D eigenvalue weighted by molar-refractivity contribution is 5.84. The minimum Gasteiger partial charge on any atom is -0.323 e. The van der Waals surface area contributed by atoms with Crippen molar-refractivity contribution in [1.82, 2.24) is 10.2 Å². The molecule has 1 aliphatic carbocycles. The van der Waals surface area contributed by atoms with Gasteiger partial charge in [0.2, 0.25) is 5.91 Å². The Morgan fingerprint density at radius 2 is 2.06 bits per heavy atom. The number of carbonyl (C=O) groups is 1. The van der Waals surface area contributed by atoms with Gasteiger partial charge in [-0.05, 0) is 37.5 Å². The zero-order valence-corrected chi connectivity index (χ0v) is 11.6. The van der Waals surface area contributed by atoms with Gasteiger partial charge in [0.1, 0.15) is 0 Å². The Labute approximate surface area is 105 Å². The molecule has 3 heteroatoms. The van der Waals surface area contributed by atoms with Gasteiger partial charge in [0.05, 0.1) is 12.2 Å². The molecule has 1 saturated heterocycles. The van der Waals surface area contributed by atoms with E-state index in [2.05, 4.69) is 37.9 Å². The maximum atomic E-state index is 12.3. The van der Waals surface area contributed by atoms with Crippen molar-refractivity contribution in [3.8, 4) is 0 Å². The Kier molecular flexibility index (Phi) is 3.76. The molecule has 0 radical (unpaired) electrons. The van der Waals surface area contributed by atoms with Crippen molar-refractivity contribution >= 4 is 5.91 Å². The Bertz CT molecular complexity index is 284. The topological polar surface area (TPSA) is 32.3 Å². The molecule has 2 atom stereocenters. The Hall–Kier alpha value is -0.570. The molecule has 0 aromatic carbocycles. The smallest absolute Gasteiger partial charge is 0.241 e. The maximum Gasteiger partial charge on any atom is 0.241 e. The third-order valence-corrected chi connectivity index (χ3v) is 4.13. The summed E-state index contributed by atoms with van der Waals surface area (Å²) in [5, 5.41) is 3.51. The van der Waals surface area contributed by atoms with Gasteiger partial charge in [-0.25, -0.2) is 0 Å². The average molecular weight is 238 g/mol. The van der Waals surface area contributed by atoms with E-state index in [0.717, 1.165) is 18.8 Å². The van der Waals surface area contributed by atoms with Crippen molar-refractivity contribution in [1.29, 1.82) is 0 Å². The fraction of sp³-hybridized carbons (Fsp3) is 0.929. The van der Waals surface area contributed by atoms with Gasteiger partial charge in [-0.2, -0.15) is 0 Å². The van der Waals surface area contributed by atoms with Gasteiger partial charge in [0.25, 0.3) is 0 Å². The number of rotatable bonds is 4. The largest absolute Gasteiger partial charge is 0.323 e. The van der Waals surface area contributed by atoms with Crippen LogP contribution in [0.25, 0.3) is 0 Å². The monoisotopic (exact) mass is 238 g/mol. The molecule has 2 fully saturated rings. The number of nitrogens with zero attached hydrogens (tertiary/aromatic N) is 1. The second-order valence-electron chi connectivity index (χ2n) is 6.25. The van der Waals surface area contributed by atoms with E-state index < -0.39 is 0 Å². The Balaban J connectivity index is 2.04. The highest BCUT2D eigenvalue weighted by Crippen LogP contribution is 2.35. The van der Waals surface area contributed by atoms with Crippen LogP contribution >= 0.6 is 0 Å². The summed E-state index contributed by atoms with van der Waals surface area (Å²) in [4.78, 5) is 14.5. The van der Waals surface area contributed by atoms with Crippen LogP contribution in [0.2, 0.25) is 0 Å². The van der Waals surface area contributed by atoms with Crippen LogP contribution in [0.4, 0.5) is 0 Å². The lowest BCUT2D eigenvalue weighted by atomic mass is 9.80. The lowest BCUT2D eigenvalue weighted by molar-refractivity contribution is -0.135. The van der Waals surface area contributed by atoms with E-state index in [9.17, 15) is 4.79 Å². The fourth-order valence-corrected chi connectivity index (χ4v) is 3.16. The van der Waals surface area contributed by atoms with Gasteiger partial charge in [0.15, 0.2) is 0 Å². The van der Waals surface area contributed by atoms with Crippen LogP contribution in [0.3, 0.4) is 0 Å². The molecule has 0 spiro atoms. The summed E-state index contributed by atoms with van der Waals surface area (Å²) in [7, 11) is 0. The number of nitrogens with one attached hydrogen (secondary N) is 1. The van der Waals surface area contributed by atoms with Crippen LogP contribution in [0.1, 0.15) is 53.4 Å². The maximum absolute atomic E-state index is 12.3. The lowest BCUT2D eigenvalue weighted by Crippen LogP contribution is -2.50. The van der Waals surface area contributed by atoms with Gasteiger partial charge >= 0.3 is 0 Å².